The van der Waals surface area contributed by atoms with Crippen molar-refractivity contribution in [2.24, 2.45) is 5.92 Å². The molecule has 0 unspecified atom stereocenters. The van der Waals surface area contributed by atoms with Gasteiger partial charge < -0.3 is 0 Å². The fraction of sp³-hybridized carbons (Fsp3) is 0.471. The molecule has 10 heteroatoms. The van der Waals surface area contributed by atoms with Crippen molar-refractivity contribution in [2.45, 2.75) is 43.4 Å². The Kier molecular flexibility index (Phi) is 5.55. The number of sulfonamides is 1. The van der Waals surface area contributed by atoms with Crippen LogP contribution in [-0.4, -0.2) is 43.4 Å². The molecule has 7 nitrogen and oxygen atoms in total. The van der Waals surface area contributed by atoms with Gasteiger partial charge in [0, 0.05) is 17.6 Å². The first-order valence-corrected chi connectivity index (χ1v) is 12.3. The van der Waals surface area contributed by atoms with E-state index >= 15 is 0 Å². The lowest BCUT2D eigenvalue weighted by Gasteiger charge is -2.30. The van der Waals surface area contributed by atoms with Crippen molar-refractivity contribution >= 4 is 36.0 Å². The number of aromatic nitrogens is 2. The normalized spacial score (nSPS) is 19.3. The van der Waals surface area contributed by atoms with Crippen LogP contribution in [0.3, 0.4) is 0 Å². The predicted molar refractivity (Wildman–Crippen MR) is 106 cm³/mol. The summed E-state index contributed by atoms with van der Waals surface area (Å²) in [5, 5.41) is 4.07. The van der Waals surface area contributed by atoms with Gasteiger partial charge in [0.15, 0.2) is 0 Å². The molecule has 1 fully saturated rings. The van der Waals surface area contributed by atoms with Crippen molar-refractivity contribution in [1.29, 1.82) is 0 Å². The zero-order valence-electron chi connectivity index (χ0n) is 15.4. The zero-order chi connectivity index (χ0) is 20.0. The third-order valence-corrected chi connectivity index (χ3v) is 9.07. The van der Waals surface area contributed by atoms with Crippen molar-refractivity contribution < 1.29 is 16.8 Å². The molecule has 0 N–H and O–H groups in total. The average Bonchev–Trinajstić information content (AvgIpc) is 2.91. The fourth-order valence-electron chi connectivity index (χ4n) is 3.41. The Morgan fingerprint density at radius 1 is 1.07 bits per heavy atom. The predicted octanol–water partition coefficient (Wildman–Crippen LogP) is 2.92. The number of rotatable bonds is 4. The summed E-state index contributed by atoms with van der Waals surface area (Å²) in [5.74, 6) is 0.274. The van der Waals surface area contributed by atoms with Crippen molar-refractivity contribution in [3.8, 4) is 0 Å². The summed E-state index contributed by atoms with van der Waals surface area (Å²) in [4.78, 5) is 0.0316. The van der Waals surface area contributed by atoms with Gasteiger partial charge in [-0.1, -0.05) is 22.9 Å². The maximum Gasteiger partial charge on any atom is 0.283 e. The molecular formula is C17H22BrN3O4S2. The molecule has 0 bridgehead atoms. The number of piperidine rings is 1. The van der Waals surface area contributed by atoms with Crippen LogP contribution in [0.15, 0.2) is 38.5 Å². The van der Waals surface area contributed by atoms with Crippen molar-refractivity contribution in [3.63, 3.8) is 0 Å². The van der Waals surface area contributed by atoms with E-state index in [0.717, 1.165) is 21.4 Å². The third kappa shape index (κ3) is 3.72. The lowest BCUT2D eigenvalue weighted by molar-refractivity contribution is 0.281. The second-order valence-corrected chi connectivity index (χ2v) is 11.5. The molecule has 1 aliphatic heterocycles. The summed E-state index contributed by atoms with van der Waals surface area (Å²) >= 11 is 3.27. The van der Waals surface area contributed by atoms with E-state index in [2.05, 4.69) is 21.0 Å². The van der Waals surface area contributed by atoms with E-state index in [1.54, 1.807) is 12.1 Å². The van der Waals surface area contributed by atoms with Crippen LogP contribution < -0.4 is 0 Å². The van der Waals surface area contributed by atoms with Crippen LogP contribution in [0.4, 0.5) is 0 Å². The lowest BCUT2D eigenvalue weighted by Crippen LogP contribution is -2.39. The van der Waals surface area contributed by atoms with Gasteiger partial charge in [-0.15, -0.1) is 0 Å². The average molecular weight is 476 g/mol. The van der Waals surface area contributed by atoms with E-state index in [9.17, 15) is 16.8 Å². The quantitative estimate of drug-likeness (QED) is 0.677. The van der Waals surface area contributed by atoms with Crippen LogP contribution in [-0.2, 0) is 20.0 Å². The first kappa shape index (κ1) is 20.5. The molecule has 0 saturated carbocycles. The van der Waals surface area contributed by atoms with Crippen LogP contribution in [0.2, 0.25) is 0 Å². The molecule has 2 aromatic rings. The van der Waals surface area contributed by atoms with Gasteiger partial charge >= 0.3 is 0 Å². The van der Waals surface area contributed by atoms with Gasteiger partial charge in [-0.3, -0.25) is 0 Å². The molecule has 1 atom stereocenters. The summed E-state index contributed by atoms with van der Waals surface area (Å²) < 4.78 is 55.3. The van der Waals surface area contributed by atoms with Gasteiger partial charge in [-0.2, -0.15) is 21.9 Å². The van der Waals surface area contributed by atoms with Crippen LogP contribution in [0.25, 0.3) is 0 Å². The van der Waals surface area contributed by atoms with Crippen molar-refractivity contribution in [1.82, 2.24) is 13.5 Å². The molecule has 0 amide bonds. The molecule has 1 saturated heterocycles. The highest BCUT2D eigenvalue weighted by Gasteiger charge is 2.35. The molecule has 1 aromatic carbocycles. The second kappa shape index (κ2) is 7.31. The minimum Gasteiger partial charge on any atom is -0.207 e. The van der Waals surface area contributed by atoms with E-state index in [-0.39, 0.29) is 27.1 Å². The molecule has 2 heterocycles. The largest absolute Gasteiger partial charge is 0.283 e. The van der Waals surface area contributed by atoms with Gasteiger partial charge in [0.1, 0.15) is 4.90 Å². The topological polar surface area (TPSA) is 89.3 Å². The number of aryl methyl sites for hydroxylation is 1. The van der Waals surface area contributed by atoms with Crippen LogP contribution in [0, 0.1) is 19.8 Å². The van der Waals surface area contributed by atoms with E-state index in [1.165, 1.54) is 30.3 Å². The maximum atomic E-state index is 13.2. The number of hydrogen-bond donors (Lipinski definition) is 0. The summed E-state index contributed by atoms with van der Waals surface area (Å²) in [6.07, 6.45) is 1.78. The first-order valence-electron chi connectivity index (χ1n) is 8.62. The molecule has 1 aromatic heterocycles. The van der Waals surface area contributed by atoms with Gasteiger partial charge in [-0.05, 0) is 56.9 Å². The van der Waals surface area contributed by atoms with E-state index in [1.807, 2.05) is 6.92 Å². The Hall–Kier alpha value is -1.23. The zero-order valence-corrected chi connectivity index (χ0v) is 18.6. The Labute approximate surface area is 168 Å². The Morgan fingerprint density at radius 3 is 2.30 bits per heavy atom. The smallest absolute Gasteiger partial charge is 0.207 e. The monoisotopic (exact) mass is 475 g/mol. The summed E-state index contributed by atoms with van der Waals surface area (Å²) in [7, 11) is -7.79. The second-order valence-electron chi connectivity index (χ2n) is 6.91. The summed E-state index contributed by atoms with van der Waals surface area (Å²) in [6.45, 7) is 5.91. The van der Waals surface area contributed by atoms with Gasteiger partial charge in [0.25, 0.3) is 10.0 Å². The van der Waals surface area contributed by atoms with Crippen LogP contribution in [0.1, 0.15) is 31.2 Å². The van der Waals surface area contributed by atoms with E-state index in [4.69, 9.17) is 0 Å². The van der Waals surface area contributed by atoms with Gasteiger partial charge in [0.05, 0.1) is 16.3 Å². The number of halogens is 1. The maximum absolute atomic E-state index is 13.2. The molecular weight excluding hydrogens is 454 g/mol. The Bertz CT molecular complexity index is 1060. The van der Waals surface area contributed by atoms with Gasteiger partial charge in [0.2, 0.25) is 10.0 Å². The minimum atomic E-state index is -3.99. The Balaban J connectivity index is 2.08. The highest BCUT2D eigenvalue weighted by atomic mass is 79.9. The molecule has 27 heavy (non-hydrogen) atoms. The van der Waals surface area contributed by atoms with Crippen molar-refractivity contribution in [3.05, 3.63) is 40.1 Å². The highest BCUT2D eigenvalue weighted by Crippen LogP contribution is 2.29. The molecule has 0 radical (unpaired) electrons. The summed E-state index contributed by atoms with van der Waals surface area (Å²) in [5.41, 5.74) is 0.292. The Morgan fingerprint density at radius 2 is 1.70 bits per heavy atom. The highest BCUT2D eigenvalue weighted by molar-refractivity contribution is 9.10. The third-order valence-electron chi connectivity index (χ3n) is 4.74. The molecule has 0 spiro atoms. The first-order chi connectivity index (χ1) is 12.5. The molecule has 148 valence electrons. The van der Waals surface area contributed by atoms with Crippen molar-refractivity contribution in [2.75, 3.05) is 13.1 Å². The summed E-state index contributed by atoms with van der Waals surface area (Å²) in [6, 6.07) is 6.14. The van der Waals surface area contributed by atoms with Crippen LogP contribution in [0.5, 0.6) is 0 Å². The standard InChI is InChI=1S/C17H22BrN3O4S2/c1-12-5-4-10-20(11-12)27(24,25)17-13(2)19-21(14(17)3)26(22,23)16-8-6-15(18)7-9-16/h6-9,12H,4-5,10-11H2,1-3H3/t12-/m0/s1. The molecule has 3 rings (SSSR count). The number of benzene rings is 1. The fourth-order valence-corrected chi connectivity index (χ4v) is 7.05. The molecule has 1 aliphatic rings. The SMILES string of the molecule is Cc1nn(S(=O)(=O)c2ccc(Br)cc2)c(C)c1S(=O)(=O)N1CCC[C@H](C)C1. The number of nitrogens with zero attached hydrogens (tertiary/aromatic N) is 3. The lowest BCUT2D eigenvalue weighted by atomic mass is 10.0. The van der Waals surface area contributed by atoms with Crippen LogP contribution >= 0.6 is 15.9 Å². The van der Waals surface area contributed by atoms with E-state index in [0.29, 0.717) is 13.1 Å². The number of hydrogen-bond acceptors (Lipinski definition) is 5. The van der Waals surface area contributed by atoms with Gasteiger partial charge in [-0.25, -0.2) is 8.42 Å². The van der Waals surface area contributed by atoms with E-state index < -0.39 is 20.0 Å². The molecule has 0 aliphatic carbocycles. The minimum absolute atomic E-state index is 0.0164.